The lowest BCUT2D eigenvalue weighted by Gasteiger charge is -2.09. The Kier molecular flexibility index (Phi) is 1.90. The van der Waals surface area contributed by atoms with E-state index in [4.69, 9.17) is 5.11 Å². The van der Waals surface area contributed by atoms with Crippen molar-refractivity contribution in [1.82, 2.24) is 5.16 Å². The van der Waals surface area contributed by atoms with E-state index < -0.39 is 12.5 Å². The largest absolute Gasteiger partial charge is 0.390 e. The van der Waals surface area contributed by atoms with Gasteiger partial charge < -0.3 is 9.63 Å². The summed E-state index contributed by atoms with van der Waals surface area (Å²) in [5.41, 5.74) is -0.361. The van der Waals surface area contributed by atoms with Gasteiger partial charge in [-0.25, -0.2) is 0 Å². The van der Waals surface area contributed by atoms with E-state index in [2.05, 4.69) is 9.68 Å². The number of hydrogen-bond acceptors (Lipinski definition) is 3. The number of hydrogen-bond donors (Lipinski definition) is 1. The van der Waals surface area contributed by atoms with Crippen LogP contribution in [0.1, 0.15) is 11.3 Å². The Morgan fingerprint density at radius 3 is 2.73 bits per heavy atom. The highest BCUT2D eigenvalue weighted by Gasteiger charge is 2.34. The number of aliphatic hydroxyl groups excluding tert-OH is 1. The summed E-state index contributed by atoms with van der Waals surface area (Å²) in [6.45, 7) is 0.140. The molecule has 1 rings (SSSR count). The Labute approximate surface area is 61.6 Å². The molecule has 0 aromatic carbocycles. The molecule has 0 saturated heterocycles. The zero-order chi connectivity index (χ0) is 8.48. The number of aromatic nitrogens is 1. The molecule has 1 heterocycles. The van der Waals surface area contributed by atoms with Crippen LogP contribution in [0.5, 0.6) is 0 Å². The highest BCUT2D eigenvalue weighted by atomic mass is 19.3. The van der Waals surface area contributed by atoms with Crippen LogP contribution < -0.4 is 0 Å². The minimum atomic E-state index is -3.25. The number of aryl methyl sites for hydroxylation is 1. The monoisotopic (exact) mass is 163 g/mol. The van der Waals surface area contributed by atoms with E-state index in [-0.39, 0.29) is 11.3 Å². The molecule has 5 heteroatoms. The summed E-state index contributed by atoms with van der Waals surface area (Å²) < 4.78 is 29.7. The molecule has 3 nitrogen and oxygen atoms in total. The molecule has 1 aromatic rings. The van der Waals surface area contributed by atoms with Crippen LogP contribution in [0.4, 0.5) is 8.78 Å². The van der Waals surface area contributed by atoms with Crippen LogP contribution in [0.25, 0.3) is 0 Å². The molecule has 0 radical (unpaired) electrons. The van der Waals surface area contributed by atoms with E-state index in [0.717, 1.165) is 6.20 Å². The molecule has 0 aliphatic carbocycles. The molecule has 11 heavy (non-hydrogen) atoms. The molecule has 0 fully saturated rings. The highest BCUT2D eigenvalue weighted by Crippen LogP contribution is 2.29. The van der Waals surface area contributed by atoms with Crippen LogP contribution in [0.15, 0.2) is 10.7 Å². The predicted octanol–water partition coefficient (Wildman–Crippen LogP) is 1.07. The topological polar surface area (TPSA) is 46.3 Å². The number of nitrogens with zero attached hydrogens (tertiary/aromatic N) is 1. The Bertz CT molecular complexity index is 246. The fraction of sp³-hybridized carbons (Fsp3) is 0.500. The third kappa shape index (κ3) is 1.37. The lowest BCUT2D eigenvalue weighted by atomic mass is 10.1. The number of rotatable bonds is 2. The van der Waals surface area contributed by atoms with Gasteiger partial charge in [0, 0.05) is 0 Å². The first-order valence-corrected chi connectivity index (χ1v) is 2.98. The normalized spacial score (nSPS) is 12.0. The summed E-state index contributed by atoms with van der Waals surface area (Å²) in [4.78, 5) is 0. The fourth-order valence-corrected chi connectivity index (χ4v) is 0.735. The number of halogens is 2. The molecular weight excluding hydrogens is 156 g/mol. The van der Waals surface area contributed by atoms with Gasteiger partial charge in [-0.1, -0.05) is 5.16 Å². The molecule has 62 valence electrons. The molecule has 1 aromatic heterocycles. The second-order valence-electron chi connectivity index (χ2n) is 2.16. The maximum absolute atomic E-state index is 12.6. The summed E-state index contributed by atoms with van der Waals surface area (Å²) >= 11 is 0. The molecule has 0 aliphatic heterocycles. The van der Waals surface area contributed by atoms with Crippen molar-refractivity contribution in [2.24, 2.45) is 0 Å². The standard InChI is InChI=1S/C6H7F2NO2/c1-4-5(2-9-11-4)6(7,8)3-10/h2,10H,3H2,1H3. The third-order valence-electron chi connectivity index (χ3n) is 1.34. The molecule has 0 atom stereocenters. The van der Waals surface area contributed by atoms with Gasteiger partial charge in [-0.2, -0.15) is 8.78 Å². The van der Waals surface area contributed by atoms with Crippen LogP contribution in [0.2, 0.25) is 0 Å². The van der Waals surface area contributed by atoms with Crippen molar-refractivity contribution >= 4 is 0 Å². The van der Waals surface area contributed by atoms with Gasteiger partial charge in [0.2, 0.25) is 0 Å². The molecule has 0 bridgehead atoms. The van der Waals surface area contributed by atoms with Gasteiger partial charge in [0.25, 0.3) is 0 Å². The van der Waals surface area contributed by atoms with Crippen LogP contribution in [0, 0.1) is 6.92 Å². The van der Waals surface area contributed by atoms with Crippen molar-refractivity contribution in [3.63, 3.8) is 0 Å². The molecule has 0 spiro atoms. The zero-order valence-electron chi connectivity index (χ0n) is 5.84. The lowest BCUT2D eigenvalue weighted by Crippen LogP contribution is -2.18. The first kappa shape index (κ1) is 8.13. The second kappa shape index (κ2) is 2.58. The summed E-state index contributed by atoms with van der Waals surface area (Å²) in [6, 6.07) is 0. The summed E-state index contributed by atoms with van der Waals surface area (Å²) in [7, 11) is 0. The molecule has 0 saturated carbocycles. The Hall–Kier alpha value is -0.970. The molecule has 0 amide bonds. The Balaban J connectivity index is 3.00. The van der Waals surface area contributed by atoms with Crippen LogP contribution in [-0.2, 0) is 5.92 Å². The van der Waals surface area contributed by atoms with Gasteiger partial charge in [0.1, 0.15) is 12.4 Å². The third-order valence-corrected chi connectivity index (χ3v) is 1.34. The first-order valence-electron chi connectivity index (χ1n) is 2.98. The fourth-order valence-electron chi connectivity index (χ4n) is 0.735. The maximum atomic E-state index is 12.6. The van der Waals surface area contributed by atoms with Gasteiger partial charge in [-0.3, -0.25) is 0 Å². The molecule has 1 N–H and O–H groups in total. The van der Waals surface area contributed by atoms with Crippen LogP contribution >= 0.6 is 0 Å². The second-order valence-corrected chi connectivity index (χ2v) is 2.16. The van der Waals surface area contributed by atoms with E-state index in [9.17, 15) is 8.78 Å². The van der Waals surface area contributed by atoms with Crippen molar-refractivity contribution in [2.75, 3.05) is 6.61 Å². The summed E-state index contributed by atoms with van der Waals surface area (Å²) in [5.74, 6) is -3.21. The van der Waals surface area contributed by atoms with Crippen molar-refractivity contribution < 1.29 is 18.4 Å². The Morgan fingerprint density at radius 1 is 1.73 bits per heavy atom. The lowest BCUT2D eigenvalue weighted by molar-refractivity contribution is -0.0566. The first-order chi connectivity index (χ1) is 5.08. The minimum absolute atomic E-state index is 0.0315. The van der Waals surface area contributed by atoms with E-state index >= 15 is 0 Å². The van der Waals surface area contributed by atoms with Gasteiger partial charge in [-0.15, -0.1) is 0 Å². The number of aliphatic hydroxyl groups is 1. The molecular formula is C6H7F2NO2. The quantitative estimate of drug-likeness (QED) is 0.709. The zero-order valence-corrected chi connectivity index (χ0v) is 5.84. The average Bonchev–Trinajstić information content (AvgIpc) is 2.36. The van der Waals surface area contributed by atoms with Crippen molar-refractivity contribution in [2.45, 2.75) is 12.8 Å². The predicted molar refractivity (Wildman–Crippen MR) is 32.2 cm³/mol. The van der Waals surface area contributed by atoms with Crippen molar-refractivity contribution in [1.29, 1.82) is 0 Å². The van der Waals surface area contributed by atoms with Gasteiger partial charge in [0.05, 0.1) is 11.8 Å². The Morgan fingerprint density at radius 2 is 2.36 bits per heavy atom. The minimum Gasteiger partial charge on any atom is -0.390 e. The van der Waals surface area contributed by atoms with Crippen LogP contribution in [-0.4, -0.2) is 16.9 Å². The van der Waals surface area contributed by atoms with Crippen molar-refractivity contribution in [3.8, 4) is 0 Å². The summed E-state index contributed by atoms with van der Waals surface area (Å²) in [5, 5.41) is 11.4. The number of alkyl halides is 2. The van der Waals surface area contributed by atoms with Gasteiger partial charge in [-0.05, 0) is 6.92 Å². The van der Waals surface area contributed by atoms with E-state index in [1.165, 1.54) is 6.92 Å². The van der Waals surface area contributed by atoms with Gasteiger partial charge in [0.15, 0.2) is 0 Å². The average molecular weight is 163 g/mol. The smallest absolute Gasteiger partial charge is 0.300 e. The van der Waals surface area contributed by atoms with Gasteiger partial charge >= 0.3 is 5.92 Å². The van der Waals surface area contributed by atoms with E-state index in [0.29, 0.717) is 0 Å². The maximum Gasteiger partial charge on any atom is 0.300 e. The SMILES string of the molecule is Cc1oncc1C(F)(F)CO. The highest BCUT2D eigenvalue weighted by molar-refractivity contribution is 5.17. The van der Waals surface area contributed by atoms with E-state index in [1.807, 2.05) is 0 Å². The molecule has 0 unspecified atom stereocenters. The summed E-state index contributed by atoms with van der Waals surface area (Å²) in [6.07, 6.45) is 0.908. The van der Waals surface area contributed by atoms with Crippen LogP contribution in [0.3, 0.4) is 0 Å². The van der Waals surface area contributed by atoms with Crippen molar-refractivity contribution in [3.05, 3.63) is 17.5 Å². The van der Waals surface area contributed by atoms with E-state index in [1.54, 1.807) is 0 Å². The molecule has 0 aliphatic rings.